The van der Waals surface area contributed by atoms with Crippen molar-refractivity contribution in [1.82, 2.24) is 9.88 Å². The van der Waals surface area contributed by atoms with Crippen LogP contribution in [0.3, 0.4) is 0 Å². The standard InChI is InChI=1S/C20H26N2O2.C2HF3O2/c1-23-19-7-5-16(6-8-19)12-18-15-22(11-9-20(18)24-2)14-17-4-3-10-21-13-17;3-2(4,5)1(6)7/h3-8,10,13,18,20H,9,11-12,14-15H2,1-2H3;(H,6,7)/t18-,20-;/m0./s1. The molecule has 1 aliphatic heterocycles. The number of carbonyl (C=O) groups is 1. The molecule has 9 heteroatoms. The smallest absolute Gasteiger partial charge is 0.490 e. The number of pyridine rings is 1. The topological polar surface area (TPSA) is 71.9 Å². The second-order valence-electron chi connectivity index (χ2n) is 7.27. The van der Waals surface area contributed by atoms with Gasteiger partial charge in [-0.15, -0.1) is 0 Å². The number of alkyl halides is 3. The number of likely N-dealkylation sites (tertiary alicyclic amines) is 1. The second kappa shape index (κ2) is 11.7. The van der Waals surface area contributed by atoms with E-state index in [0.717, 1.165) is 38.2 Å². The SMILES string of the molecule is COc1ccc(C[C@H]2CN(Cc3cccnc3)CC[C@@H]2OC)cc1.O=C(O)C(F)(F)F. The molecule has 1 aromatic heterocycles. The van der Waals surface area contributed by atoms with E-state index in [1.165, 1.54) is 11.1 Å². The first kappa shape index (κ1) is 24.6. The number of ether oxygens (including phenoxy) is 2. The molecule has 1 aliphatic rings. The van der Waals surface area contributed by atoms with Crippen LogP contribution in [0.2, 0.25) is 0 Å². The van der Waals surface area contributed by atoms with Crippen molar-refractivity contribution in [2.24, 2.45) is 5.92 Å². The molecular weight excluding hydrogens is 413 g/mol. The number of nitrogens with zero attached hydrogens (tertiary/aromatic N) is 2. The van der Waals surface area contributed by atoms with E-state index in [2.05, 4.69) is 28.1 Å². The third-order valence-corrected chi connectivity index (χ3v) is 5.08. The summed E-state index contributed by atoms with van der Waals surface area (Å²) in [6.07, 6.45) is 1.15. The van der Waals surface area contributed by atoms with E-state index in [0.29, 0.717) is 12.0 Å². The highest BCUT2D eigenvalue weighted by Gasteiger charge is 2.38. The van der Waals surface area contributed by atoms with E-state index in [9.17, 15) is 13.2 Å². The Morgan fingerprint density at radius 2 is 1.87 bits per heavy atom. The largest absolute Gasteiger partial charge is 0.497 e. The highest BCUT2D eigenvalue weighted by molar-refractivity contribution is 5.73. The average Bonchev–Trinajstić information content (AvgIpc) is 2.75. The molecule has 0 saturated carbocycles. The number of aliphatic carboxylic acids is 1. The molecule has 1 aromatic carbocycles. The monoisotopic (exact) mass is 440 g/mol. The van der Waals surface area contributed by atoms with Crippen molar-refractivity contribution in [2.45, 2.75) is 31.7 Å². The third-order valence-electron chi connectivity index (χ3n) is 5.08. The number of aromatic nitrogens is 1. The van der Waals surface area contributed by atoms with E-state index in [4.69, 9.17) is 19.4 Å². The molecule has 1 saturated heterocycles. The fourth-order valence-corrected chi connectivity index (χ4v) is 3.55. The van der Waals surface area contributed by atoms with Gasteiger partial charge in [0.25, 0.3) is 0 Å². The molecule has 2 heterocycles. The second-order valence-corrected chi connectivity index (χ2v) is 7.27. The molecule has 0 unspecified atom stereocenters. The van der Waals surface area contributed by atoms with Crippen LogP contribution in [0.4, 0.5) is 13.2 Å². The van der Waals surface area contributed by atoms with Crippen molar-refractivity contribution in [1.29, 1.82) is 0 Å². The first-order valence-electron chi connectivity index (χ1n) is 9.80. The molecule has 1 N–H and O–H groups in total. The fraction of sp³-hybridized carbons (Fsp3) is 0.455. The molecule has 2 aromatic rings. The Bertz CT molecular complexity index is 801. The number of carboxylic acid groups (broad SMARTS) is 1. The van der Waals surface area contributed by atoms with Crippen LogP contribution in [-0.4, -0.2) is 60.5 Å². The number of carboxylic acids is 1. The molecule has 3 rings (SSSR count). The van der Waals surface area contributed by atoms with Crippen molar-refractivity contribution < 1.29 is 32.5 Å². The lowest BCUT2D eigenvalue weighted by Crippen LogP contribution is -2.44. The molecule has 0 spiro atoms. The summed E-state index contributed by atoms with van der Waals surface area (Å²) in [4.78, 5) is 15.6. The van der Waals surface area contributed by atoms with Gasteiger partial charge in [0.05, 0.1) is 13.2 Å². The number of halogens is 3. The lowest BCUT2D eigenvalue weighted by molar-refractivity contribution is -0.192. The highest BCUT2D eigenvalue weighted by Crippen LogP contribution is 2.25. The Morgan fingerprint density at radius 3 is 2.39 bits per heavy atom. The first-order chi connectivity index (χ1) is 14.7. The summed E-state index contributed by atoms with van der Waals surface area (Å²) >= 11 is 0. The van der Waals surface area contributed by atoms with Crippen molar-refractivity contribution in [3.63, 3.8) is 0 Å². The van der Waals surface area contributed by atoms with E-state index in [1.807, 2.05) is 37.7 Å². The maximum Gasteiger partial charge on any atom is 0.490 e. The number of benzene rings is 1. The van der Waals surface area contributed by atoms with Crippen LogP contribution >= 0.6 is 0 Å². The Balaban J connectivity index is 0.000000423. The van der Waals surface area contributed by atoms with Gasteiger partial charge >= 0.3 is 12.1 Å². The van der Waals surface area contributed by atoms with Crippen LogP contribution in [0, 0.1) is 5.92 Å². The zero-order chi connectivity index (χ0) is 22.9. The zero-order valence-corrected chi connectivity index (χ0v) is 17.5. The van der Waals surface area contributed by atoms with Crippen molar-refractivity contribution in [2.75, 3.05) is 27.3 Å². The van der Waals surface area contributed by atoms with Gasteiger partial charge in [0.2, 0.25) is 0 Å². The van der Waals surface area contributed by atoms with E-state index in [-0.39, 0.29) is 0 Å². The number of piperidine rings is 1. The van der Waals surface area contributed by atoms with Gasteiger partial charge in [0.15, 0.2) is 0 Å². The first-order valence-corrected chi connectivity index (χ1v) is 9.80. The minimum Gasteiger partial charge on any atom is -0.497 e. The van der Waals surface area contributed by atoms with Gasteiger partial charge in [0.1, 0.15) is 5.75 Å². The van der Waals surface area contributed by atoms with Gasteiger partial charge in [-0.25, -0.2) is 4.79 Å². The van der Waals surface area contributed by atoms with E-state index < -0.39 is 12.1 Å². The normalized spacial score (nSPS) is 19.3. The molecule has 0 radical (unpaired) electrons. The van der Waals surface area contributed by atoms with Gasteiger partial charge in [-0.05, 0) is 42.2 Å². The summed E-state index contributed by atoms with van der Waals surface area (Å²) in [5.41, 5.74) is 2.61. The predicted octanol–water partition coefficient (Wildman–Crippen LogP) is 3.80. The summed E-state index contributed by atoms with van der Waals surface area (Å²) < 4.78 is 42.7. The van der Waals surface area contributed by atoms with Gasteiger partial charge in [-0.1, -0.05) is 18.2 Å². The van der Waals surface area contributed by atoms with Crippen molar-refractivity contribution in [3.8, 4) is 5.75 Å². The van der Waals surface area contributed by atoms with Crippen molar-refractivity contribution in [3.05, 3.63) is 59.9 Å². The average molecular weight is 440 g/mol. The quantitative estimate of drug-likeness (QED) is 0.737. The lowest BCUT2D eigenvalue weighted by Gasteiger charge is -2.38. The third kappa shape index (κ3) is 8.18. The van der Waals surface area contributed by atoms with Gasteiger partial charge in [-0.2, -0.15) is 13.2 Å². The minimum atomic E-state index is -5.08. The lowest BCUT2D eigenvalue weighted by atomic mass is 9.88. The molecule has 1 fully saturated rings. The predicted molar refractivity (Wildman–Crippen MR) is 109 cm³/mol. The molecule has 0 amide bonds. The number of methoxy groups -OCH3 is 2. The Labute approximate surface area is 179 Å². The van der Waals surface area contributed by atoms with Gasteiger partial charge in [-0.3, -0.25) is 9.88 Å². The van der Waals surface area contributed by atoms with E-state index in [1.54, 1.807) is 7.11 Å². The van der Waals surface area contributed by atoms with Gasteiger partial charge < -0.3 is 14.6 Å². The van der Waals surface area contributed by atoms with Crippen LogP contribution in [-0.2, 0) is 22.5 Å². The molecule has 0 bridgehead atoms. The summed E-state index contributed by atoms with van der Waals surface area (Å²) in [6, 6.07) is 12.5. The van der Waals surface area contributed by atoms with Crippen LogP contribution in [0.5, 0.6) is 5.75 Å². The molecular formula is C22H27F3N2O4. The molecule has 31 heavy (non-hydrogen) atoms. The molecule has 0 aliphatic carbocycles. The number of rotatable bonds is 6. The van der Waals surface area contributed by atoms with Crippen molar-refractivity contribution >= 4 is 5.97 Å². The maximum absolute atomic E-state index is 10.6. The van der Waals surface area contributed by atoms with Crippen LogP contribution in [0.1, 0.15) is 17.5 Å². The van der Waals surface area contributed by atoms with E-state index >= 15 is 0 Å². The molecule has 6 nitrogen and oxygen atoms in total. The Morgan fingerprint density at radius 1 is 1.19 bits per heavy atom. The van der Waals surface area contributed by atoms with Gasteiger partial charge in [0, 0.05) is 45.1 Å². The van der Waals surface area contributed by atoms with Crippen LogP contribution in [0.25, 0.3) is 0 Å². The Kier molecular flexibility index (Phi) is 9.26. The summed E-state index contributed by atoms with van der Waals surface area (Å²) in [5, 5.41) is 7.12. The number of hydrogen-bond acceptors (Lipinski definition) is 5. The van der Waals surface area contributed by atoms with Crippen LogP contribution < -0.4 is 4.74 Å². The fourth-order valence-electron chi connectivity index (χ4n) is 3.55. The summed E-state index contributed by atoms with van der Waals surface area (Å²) in [7, 11) is 3.54. The Hall–Kier alpha value is -2.65. The zero-order valence-electron chi connectivity index (χ0n) is 17.5. The van der Waals surface area contributed by atoms with Crippen LogP contribution in [0.15, 0.2) is 48.8 Å². The number of hydrogen-bond donors (Lipinski definition) is 1. The molecule has 170 valence electrons. The highest BCUT2D eigenvalue weighted by atomic mass is 19.4. The summed E-state index contributed by atoms with van der Waals surface area (Å²) in [5.74, 6) is -1.34. The molecule has 2 atom stereocenters. The summed E-state index contributed by atoms with van der Waals surface area (Å²) in [6.45, 7) is 3.09. The minimum absolute atomic E-state index is 0.331. The maximum atomic E-state index is 10.6.